The van der Waals surface area contributed by atoms with Crippen molar-refractivity contribution in [1.29, 1.82) is 0 Å². The Morgan fingerprint density at radius 2 is 2.24 bits per heavy atom. The van der Waals surface area contributed by atoms with Gasteiger partial charge in [0.05, 0.1) is 30.2 Å². The van der Waals surface area contributed by atoms with Gasteiger partial charge in [-0.05, 0) is 6.07 Å². The van der Waals surface area contributed by atoms with E-state index >= 15 is 0 Å². The van der Waals surface area contributed by atoms with E-state index in [9.17, 15) is 9.59 Å². The maximum Gasteiger partial charge on any atom is 0.252 e. The highest BCUT2D eigenvalue weighted by atomic mass is 32.1. The summed E-state index contributed by atoms with van der Waals surface area (Å²) in [5.41, 5.74) is 0.470. The van der Waals surface area contributed by atoms with Gasteiger partial charge in [-0.1, -0.05) is 11.8 Å². The maximum atomic E-state index is 11.8. The molecule has 1 heterocycles. The van der Waals surface area contributed by atoms with Crippen LogP contribution in [-0.2, 0) is 9.53 Å². The molecule has 0 saturated heterocycles. The number of methoxy groups -OCH3 is 1. The molecule has 0 atom stereocenters. The van der Waals surface area contributed by atoms with Crippen LogP contribution in [-0.4, -0.2) is 50.3 Å². The average molecular weight is 310 g/mol. The molecule has 2 amide bonds. The molecule has 0 radical (unpaired) electrons. The molecule has 0 aliphatic rings. The third-order valence-corrected chi connectivity index (χ3v) is 3.19. The molecule has 6 nitrogen and oxygen atoms in total. The van der Waals surface area contributed by atoms with Gasteiger partial charge in [-0.2, -0.15) is 0 Å². The first-order valence-electron chi connectivity index (χ1n) is 6.39. The van der Waals surface area contributed by atoms with Crippen molar-refractivity contribution in [2.24, 2.45) is 0 Å². The van der Waals surface area contributed by atoms with Crippen LogP contribution in [0, 0.1) is 11.8 Å². The highest BCUT2D eigenvalue weighted by Crippen LogP contribution is 2.13. The summed E-state index contributed by atoms with van der Waals surface area (Å²) in [4.78, 5) is 24.0. The molecular formula is C14H18N2O4S. The zero-order chi connectivity index (χ0) is 15.5. The zero-order valence-electron chi connectivity index (χ0n) is 11.8. The number of rotatable bonds is 7. The number of ether oxygens (including phenoxy) is 1. The molecule has 0 unspecified atom stereocenters. The number of hydrogen-bond donors (Lipinski definition) is 3. The summed E-state index contributed by atoms with van der Waals surface area (Å²) in [6.45, 7) is 0.780. The van der Waals surface area contributed by atoms with E-state index in [1.165, 1.54) is 11.3 Å². The molecule has 0 aliphatic carbocycles. The Bertz CT molecular complexity index is 531. The van der Waals surface area contributed by atoms with E-state index in [4.69, 9.17) is 9.84 Å². The first-order chi connectivity index (χ1) is 10.2. The van der Waals surface area contributed by atoms with Crippen molar-refractivity contribution in [1.82, 2.24) is 10.6 Å². The van der Waals surface area contributed by atoms with Crippen molar-refractivity contribution in [2.75, 3.05) is 33.4 Å². The summed E-state index contributed by atoms with van der Waals surface area (Å²) in [6.07, 6.45) is 0.404. The number of nitrogens with one attached hydrogen (secondary N) is 2. The summed E-state index contributed by atoms with van der Waals surface area (Å²) in [7, 11) is 1.55. The Labute approximate surface area is 127 Å². The molecule has 1 rings (SSSR count). The molecule has 0 aromatic carbocycles. The van der Waals surface area contributed by atoms with E-state index in [-0.39, 0.29) is 25.0 Å². The van der Waals surface area contributed by atoms with Gasteiger partial charge in [0.15, 0.2) is 0 Å². The van der Waals surface area contributed by atoms with Crippen molar-refractivity contribution < 1.29 is 19.4 Å². The van der Waals surface area contributed by atoms with E-state index in [1.54, 1.807) is 18.6 Å². The van der Waals surface area contributed by atoms with Gasteiger partial charge >= 0.3 is 0 Å². The van der Waals surface area contributed by atoms with Crippen molar-refractivity contribution in [2.45, 2.75) is 6.42 Å². The van der Waals surface area contributed by atoms with Crippen LogP contribution in [0.25, 0.3) is 0 Å². The minimum atomic E-state index is -0.316. The van der Waals surface area contributed by atoms with Crippen molar-refractivity contribution >= 4 is 23.2 Å². The highest BCUT2D eigenvalue weighted by Gasteiger charge is 2.09. The van der Waals surface area contributed by atoms with Crippen LogP contribution in [0.15, 0.2) is 11.4 Å². The van der Waals surface area contributed by atoms with Gasteiger partial charge in [0.1, 0.15) is 0 Å². The first kappa shape index (κ1) is 17.2. The quantitative estimate of drug-likeness (QED) is 0.488. The van der Waals surface area contributed by atoms with E-state index in [0.717, 1.165) is 4.88 Å². The third kappa shape index (κ3) is 6.90. The van der Waals surface area contributed by atoms with E-state index in [2.05, 4.69) is 22.5 Å². The van der Waals surface area contributed by atoms with Crippen LogP contribution >= 0.6 is 11.3 Å². The van der Waals surface area contributed by atoms with Crippen molar-refractivity contribution in [3.8, 4) is 11.8 Å². The molecule has 0 bridgehead atoms. The maximum absolute atomic E-state index is 11.8. The molecule has 114 valence electrons. The standard InChI is InChI=1S/C14H18N2O4S/c1-20-7-5-15-13(18)9-16-14(19)11-8-12(21-10-11)4-2-3-6-17/h8,10,17H,3,5-7,9H2,1H3,(H,15,18)(H,16,19). The third-order valence-electron chi connectivity index (χ3n) is 2.35. The van der Waals surface area contributed by atoms with Crippen LogP contribution < -0.4 is 10.6 Å². The van der Waals surface area contributed by atoms with Crippen LogP contribution in [0.2, 0.25) is 0 Å². The minimum absolute atomic E-state index is 0.0178. The highest BCUT2D eigenvalue weighted by molar-refractivity contribution is 7.10. The number of amides is 2. The minimum Gasteiger partial charge on any atom is -0.395 e. The average Bonchev–Trinajstić information content (AvgIpc) is 2.94. The van der Waals surface area contributed by atoms with Gasteiger partial charge in [-0.3, -0.25) is 9.59 Å². The second kappa shape index (κ2) is 9.94. The molecular weight excluding hydrogens is 292 g/mol. The normalized spacial score (nSPS) is 9.62. The lowest BCUT2D eigenvalue weighted by molar-refractivity contribution is -0.120. The molecule has 0 spiro atoms. The van der Waals surface area contributed by atoms with E-state index in [1.807, 2.05) is 0 Å². The lowest BCUT2D eigenvalue weighted by Crippen LogP contribution is -2.38. The monoisotopic (exact) mass is 310 g/mol. The Hall–Kier alpha value is -1.88. The summed E-state index contributed by atoms with van der Waals surface area (Å²) in [6, 6.07) is 1.66. The molecule has 1 aromatic heterocycles. The Morgan fingerprint density at radius 1 is 1.43 bits per heavy atom. The fourth-order valence-electron chi connectivity index (χ4n) is 1.34. The second-order valence-corrected chi connectivity index (χ2v) is 4.91. The lowest BCUT2D eigenvalue weighted by atomic mass is 10.3. The second-order valence-electron chi connectivity index (χ2n) is 4.00. The fourth-order valence-corrected chi connectivity index (χ4v) is 2.10. The van der Waals surface area contributed by atoms with Crippen LogP contribution in [0.4, 0.5) is 0 Å². The number of hydrogen-bond acceptors (Lipinski definition) is 5. The van der Waals surface area contributed by atoms with E-state index < -0.39 is 0 Å². The summed E-state index contributed by atoms with van der Waals surface area (Å²) in [5.74, 6) is 5.06. The van der Waals surface area contributed by atoms with Crippen LogP contribution in [0.1, 0.15) is 21.7 Å². The Balaban J connectivity index is 2.39. The molecule has 1 aromatic rings. The molecule has 3 N–H and O–H groups in total. The van der Waals surface area contributed by atoms with Gasteiger partial charge in [-0.15, -0.1) is 11.3 Å². The van der Waals surface area contributed by atoms with Crippen molar-refractivity contribution in [3.05, 3.63) is 21.9 Å². The van der Waals surface area contributed by atoms with Crippen LogP contribution in [0.3, 0.4) is 0 Å². The molecule has 0 aliphatic heterocycles. The van der Waals surface area contributed by atoms with Crippen LogP contribution in [0.5, 0.6) is 0 Å². The number of aliphatic hydroxyl groups excluding tert-OH is 1. The molecule has 0 fully saturated rings. The summed E-state index contributed by atoms with van der Waals surface area (Å²) in [5, 5.41) is 15.5. The van der Waals surface area contributed by atoms with Gasteiger partial charge in [0.2, 0.25) is 5.91 Å². The van der Waals surface area contributed by atoms with Gasteiger partial charge in [0.25, 0.3) is 5.91 Å². The number of aliphatic hydroxyl groups is 1. The fraction of sp³-hybridized carbons (Fsp3) is 0.429. The molecule has 21 heavy (non-hydrogen) atoms. The summed E-state index contributed by atoms with van der Waals surface area (Å²) >= 11 is 1.35. The Morgan fingerprint density at radius 3 is 2.95 bits per heavy atom. The van der Waals surface area contributed by atoms with Gasteiger partial charge in [0, 0.05) is 25.5 Å². The largest absolute Gasteiger partial charge is 0.395 e. The van der Waals surface area contributed by atoms with Gasteiger partial charge in [-0.25, -0.2) is 0 Å². The zero-order valence-corrected chi connectivity index (χ0v) is 12.6. The predicted molar refractivity (Wildman–Crippen MR) is 80.1 cm³/mol. The number of thiophene rings is 1. The smallest absolute Gasteiger partial charge is 0.252 e. The number of carbonyl (C=O) groups excluding carboxylic acids is 2. The summed E-state index contributed by atoms with van der Waals surface area (Å²) < 4.78 is 4.80. The topological polar surface area (TPSA) is 87.7 Å². The van der Waals surface area contributed by atoms with E-state index in [0.29, 0.717) is 25.1 Å². The lowest BCUT2D eigenvalue weighted by Gasteiger charge is -2.05. The number of carbonyl (C=O) groups is 2. The molecule has 0 saturated carbocycles. The van der Waals surface area contributed by atoms with Crippen molar-refractivity contribution in [3.63, 3.8) is 0 Å². The Kier molecular flexibility index (Phi) is 8.12. The first-order valence-corrected chi connectivity index (χ1v) is 7.27. The van der Waals surface area contributed by atoms with Gasteiger partial charge < -0.3 is 20.5 Å². The molecule has 7 heteroatoms. The predicted octanol–water partition coefficient (Wildman–Crippen LogP) is -0.0256. The SMILES string of the molecule is COCCNC(=O)CNC(=O)c1csc(C#CCCO)c1.